The van der Waals surface area contributed by atoms with Crippen LogP contribution < -0.4 is 10.1 Å². The number of nitrogens with zero attached hydrogens (tertiary/aromatic N) is 2. The molecule has 1 amide bonds. The van der Waals surface area contributed by atoms with Crippen molar-refractivity contribution in [2.75, 3.05) is 25.5 Å². The molecule has 1 N–H and O–H groups in total. The van der Waals surface area contributed by atoms with Gasteiger partial charge in [-0.3, -0.25) is 14.9 Å². The smallest absolute Gasteiger partial charge is 0.271 e. The Labute approximate surface area is 149 Å². The quantitative estimate of drug-likeness (QED) is 0.485. The zero-order chi connectivity index (χ0) is 17.7. The average Bonchev–Trinajstić information content (AvgIpc) is 3.09. The van der Waals surface area contributed by atoms with E-state index >= 15 is 0 Å². The topological polar surface area (TPSA) is 84.7 Å². The van der Waals surface area contributed by atoms with Crippen molar-refractivity contribution in [3.05, 3.63) is 28.3 Å². The molecule has 9 heteroatoms. The van der Waals surface area contributed by atoms with E-state index in [1.807, 2.05) is 0 Å². The first-order valence-corrected chi connectivity index (χ1v) is 8.80. The molecular weight excluding hydrogens is 350 g/mol. The van der Waals surface area contributed by atoms with Gasteiger partial charge in [-0.25, -0.2) is 0 Å². The highest BCUT2D eigenvalue weighted by atomic mass is 32.2. The number of nitrogens with one attached hydrogen (secondary N) is 1. The van der Waals surface area contributed by atoms with Gasteiger partial charge in [-0.15, -0.1) is 0 Å². The number of carbonyl (C=O) groups is 1. The van der Waals surface area contributed by atoms with Gasteiger partial charge in [-0.1, -0.05) is 24.0 Å². The van der Waals surface area contributed by atoms with E-state index in [1.54, 1.807) is 6.92 Å². The molecule has 1 fully saturated rings. The van der Waals surface area contributed by atoms with E-state index in [0.717, 1.165) is 25.9 Å². The van der Waals surface area contributed by atoms with Crippen LogP contribution in [0.1, 0.15) is 19.8 Å². The number of nitro groups is 1. The predicted octanol–water partition coefficient (Wildman–Crippen LogP) is 3.04. The Kier molecular flexibility index (Phi) is 6.38. The Balaban J connectivity index is 2.03. The molecule has 1 heterocycles. The molecule has 0 radical (unpaired) electrons. The van der Waals surface area contributed by atoms with Gasteiger partial charge < -0.3 is 15.0 Å². The lowest BCUT2D eigenvalue weighted by Gasteiger charge is -2.20. The highest BCUT2D eigenvalue weighted by molar-refractivity contribution is 8.23. The van der Waals surface area contributed by atoms with Gasteiger partial charge in [0.15, 0.2) is 0 Å². The van der Waals surface area contributed by atoms with Gasteiger partial charge in [0.05, 0.1) is 23.0 Å². The summed E-state index contributed by atoms with van der Waals surface area (Å²) >= 11 is 6.69. The Bertz CT molecular complexity index is 648. The largest absolute Gasteiger partial charge is 0.495 e. The van der Waals surface area contributed by atoms with Gasteiger partial charge in [-0.2, -0.15) is 0 Å². The monoisotopic (exact) mass is 369 g/mol. The molecule has 0 saturated carbocycles. The van der Waals surface area contributed by atoms with Crippen molar-refractivity contribution < 1.29 is 14.5 Å². The van der Waals surface area contributed by atoms with Crippen molar-refractivity contribution in [3.63, 3.8) is 0 Å². The molecule has 1 aromatic carbocycles. The average molecular weight is 369 g/mol. The fourth-order valence-corrected chi connectivity index (χ4v) is 3.74. The van der Waals surface area contributed by atoms with Crippen LogP contribution in [-0.2, 0) is 4.79 Å². The van der Waals surface area contributed by atoms with Crippen molar-refractivity contribution in [3.8, 4) is 5.75 Å². The summed E-state index contributed by atoms with van der Waals surface area (Å²) in [7, 11) is 1.44. The summed E-state index contributed by atoms with van der Waals surface area (Å²) in [6.07, 6.45) is 2.23. The van der Waals surface area contributed by atoms with E-state index in [2.05, 4.69) is 10.2 Å². The molecule has 1 aliphatic heterocycles. The summed E-state index contributed by atoms with van der Waals surface area (Å²) in [6.45, 7) is 3.62. The Morgan fingerprint density at radius 1 is 1.46 bits per heavy atom. The van der Waals surface area contributed by atoms with Crippen LogP contribution in [0.15, 0.2) is 18.2 Å². The maximum absolute atomic E-state index is 12.4. The van der Waals surface area contributed by atoms with Crippen LogP contribution in [0.2, 0.25) is 0 Å². The van der Waals surface area contributed by atoms with Crippen molar-refractivity contribution in [2.45, 2.75) is 25.0 Å². The lowest BCUT2D eigenvalue weighted by Crippen LogP contribution is -2.29. The maximum atomic E-state index is 12.4. The molecule has 24 heavy (non-hydrogen) atoms. The first kappa shape index (κ1) is 18.5. The van der Waals surface area contributed by atoms with Crippen molar-refractivity contribution in [1.29, 1.82) is 0 Å². The van der Waals surface area contributed by atoms with Crippen molar-refractivity contribution in [2.24, 2.45) is 0 Å². The number of methoxy groups -OCH3 is 1. The Hall–Kier alpha value is -1.87. The highest BCUT2D eigenvalue weighted by Gasteiger charge is 2.22. The lowest BCUT2D eigenvalue weighted by atomic mass is 10.2. The van der Waals surface area contributed by atoms with Gasteiger partial charge in [0.2, 0.25) is 5.91 Å². The first-order valence-electron chi connectivity index (χ1n) is 7.51. The summed E-state index contributed by atoms with van der Waals surface area (Å²) in [6, 6.07) is 4.07. The highest BCUT2D eigenvalue weighted by Crippen LogP contribution is 2.30. The second-order valence-electron chi connectivity index (χ2n) is 5.35. The number of nitro benzene ring substituents is 1. The number of hydrogen-bond donors (Lipinski definition) is 1. The van der Waals surface area contributed by atoms with E-state index in [-0.39, 0.29) is 17.3 Å². The van der Waals surface area contributed by atoms with Crippen LogP contribution in [0.5, 0.6) is 5.75 Å². The molecule has 7 nitrogen and oxygen atoms in total. The van der Waals surface area contributed by atoms with E-state index in [1.165, 1.54) is 37.1 Å². The summed E-state index contributed by atoms with van der Waals surface area (Å²) in [4.78, 5) is 24.8. The first-order chi connectivity index (χ1) is 11.4. The molecule has 0 bridgehead atoms. The zero-order valence-corrected chi connectivity index (χ0v) is 15.1. The molecule has 1 saturated heterocycles. The Morgan fingerprint density at radius 3 is 2.71 bits per heavy atom. The van der Waals surface area contributed by atoms with Crippen LogP contribution >= 0.6 is 24.0 Å². The van der Waals surface area contributed by atoms with Crippen LogP contribution in [0.3, 0.4) is 0 Å². The molecule has 1 atom stereocenters. The number of benzene rings is 1. The van der Waals surface area contributed by atoms with Gasteiger partial charge >= 0.3 is 0 Å². The second kappa shape index (κ2) is 8.29. The third-order valence-electron chi connectivity index (χ3n) is 3.66. The minimum absolute atomic E-state index is 0.112. The second-order valence-corrected chi connectivity index (χ2v) is 7.33. The fourth-order valence-electron chi connectivity index (χ4n) is 2.32. The fraction of sp³-hybridized carbons (Fsp3) is 0.467. The van der Waals surface area contributed by atoms with E-state index in [0.29, 0.717) is 10.1 Å². The minimum Gasteiger partial charge on any atom is -0.495 e. The van der Waals surface area contributed by atoms with Gasteiger partial charge in [-0.05, 0) is 25.8 Å². The molecule has 0 unspecified atom stereocenters. The Morgan fingerprint density at radius 2 is 2.12 bits per heavy atom. The molecular formula is C15H19N3O4S2. The summed E-state index contributed by atoms with van der Waals surface area (Å²) in [5.41, 5.74) is 0.162. The lowest BCUT2D eigenvalue weighted by molar-refractivity contribution is -0.384. The van der Waals surface area contributed by atoms with Crippen molar-refractivity contribution >= 4 is 45.6 Å². The molecule has 0 aromatic heterocycles. The summed E-state index contributed by atoms with van der Waals surface area (Å²) in [5, 5.41) is 13.2. The van der Waals surface area contributed by atoms with Gasteiger partial charge in [0.25, 0.3) is 5.69 Å². The predicted molar refractivity (Wildman–Crippen MR) is 98.7 cm³/mol. The van der Waals surface area contributed by atoms with Crippen LogP contribution in [-0.4, -0.2) is 45.5 Å². The van der Waals surface area contributed by atoms with Crippen LogP contribution in [0, 0.1) is 10.1 Å². The maximum Gasteiger partial charge on any atom is 0.271 e. The number of carbonyl (C=O) groups excluding carboxylic acids is 1. The number of ether oxygens (including phenoxy) is 1. The molecule has 1 aliphatic rings. The molecule has 2 rings (SSSR count). The molecule has 0 aliphatic carbocycles. The number of anilines is 1. The van der Waals surface area contributed by atoms with Crippen molar-refractivity contribution in [1.82, 2.24) is 4.90 Å². The normalized spacial score (nSPS) is 15.0. The number of likely N-dealkylation sites (tertiary alicyclic amines) is 1. The zero-order valence-electron chi connectivity index (χ0n) is 13.5. The summed E-state index contributed by atoms with van der Waals surface area (Å²) in [5.74, 6) is 0.0913. The minimum atomic E-state index is -0.518. The molecule has 0 spiro atoms. The number of amides is 1. The third-order valence-corrected chi connectivity index (χ3v) is 5.24. The SMILES string of the molecule is COc1ccc([N+](=O)[O-])cc1NC(=O)[C@H](C)SC(=S)N1CCCC1. The van der Waals surface area contributed by atoms with Crippen LogP contribution in [0.4, 0.5) is 11.4 Å². The molecule has 1 aromatic rings. The molecule has 130 valence electrons. The number of rotatable bonds is 5. The van der Waals surface area contributed by atoms with E-state index < -0.39 is 10.2 Å². The van der Waals surface area contributed by atoms with Crippen LogP contribution in [0.25, 0.3) is 0 Å². The summed E-state index contributed by atoms with van der Waals surface area (Å²) < 4.78 is 5.85. The number of non-ortho nitro benzene ring substituents is 1. The number of hydrogen-bond acceptors (Lipinski definition) is 6. The third kappa shape index (κ3) is 4.57. The van der Waals surface area contributed by atoms with E-state index in [9.17, 15) is 14.9 Å². The number of thioether (sulfide) groups is 1. The standard InChI is InChI=1S/C15H19N3O4S2/c1-10(24-15(23)17-7-3-4-8-17)14(19)16-12-9-11(18(20)21)5-6-13(12)22-2/h5-6,9-10H,3-4,7-8H2,1-2H3,(H,16,19)/t10-/m0/s1. The van der Waals surface area contributed by atoms with E-state index in [4.69, 9.17) is 17.0 Å². The number of thiocarbonyl (C=S) groups is 1. The van der Waals surface area contributed by atoms with Gasteiger partial charge in [0, 0.05) is 25.2 Å². The van der Waals surface area contributed by atoms with Gasteiger partial charge in [0.1, 0.15) is 10.1 Å².